The molecule has 24 heavy (non-hydrogen) atoms. The second kappa shape index (κ2) is 6.13. The predicted molar refractivity (Wildman–Crippen MR) is 88.4 cm³/mol. The molecular weight excluding hydrogens is 304 g/mol. The lowest BCUT2D eigenvalue weighted by molar-refractivity contribution is 0.122. The van der Waals surface area contributed by atoms with E-state index in [1.807, 2.05) is 37.5 Å². The van der Waals surface area contributed by atoms with Crippen molar-refractivity contribution >= 4 is 0 Å². The first-order valence-corrected chi connectivity index (χ1v) is 8.04. The van der Waals surface area contributed by atoms with Gasteiger partial charge in [-0.05, 0) is 13.0 Å². The average molecular weight is 324 g/mol. The zero-order valence-corrected chi connectivity index (χ0v) is 13.8. The Kier molecular flexibility index (Phi) is 3.82. The van der Waals surface area contributed by atoms with Gasteiger partial charge >= 0.3 is 0 Å². The molecule has 0 N–H and O–H groups in total. The summed E-state index contributed by atoms with van der Waals surface area (Å²) >= 11 is 0. The monoisotopic (exact) mass is 324 g/mol. The number of hydrogen-bond donors (Lipinski definition) is 0. The summed E-state index contributed by atoms with van der Waals surface area (Å²) in [5, 5.41) is 4.15. The molecule has 6 heteroatoms. The number of ether oxygens (including phenoxy) is 1. The molecule has 1 aliphatic rings. The van der Waals surface area contributed by atoms with Crippen molar-refractivity contribution in [2.45, 2.75) is 32.6 Å². The molecule has 3 aromatic rings. The third-order valence-electron chi connectivity index (χ3n) is 4.50. The third-order valence-corrected chi connectivity index (χ3v) is 4.50. The van der Waals surface area contributed by atoms with Crippen molar-refractivity contribution in [2.24, 2.45) is 0 Å². The van der Waals surface area contributed by atoms with E-state index in [0.29, 0.717) is 6.54 Å². The summed E-state index contributed by atoms with van der Waals surface area (Å²) in [7, 11) is 1.72. The smallest absolute Gasteiger partial charge is 0.133 e. The van der Waals surface area contributed by atoms with Crippen molar-refractivity contribution in [3.05, 3.63) is 65.6 Å². The van der Waals surface area contributed by atoms with Crippen LogP contribution in [-0.2, 0) is 19.6 Å². The summed E-state index contributed by atoms with van der Waals surface area (Å²) in [6, 6.07) is 10.4. The van der Waals surface area contributed by atoms with E-state index in [9.17, 15) is 0 Å². The first-order chi connectivity index (χ1) is 11.7. The fraction of sp³-hybridized carbons (Fsp3) is 0.333. The van der Waals surface area contributed by atoms with Crippen molar-refractivity contribution in [3.8, 4) is 5.75 Å². The normalized spacial score (nSPS) is 17.7. The van der Waals surface area contributed by atoms with Gasteiger partial charge in [0.15, 0.2) is 0 Å². The molecule has 1 atom stereocenters. The highest BCUT2D eigenvalue weighted by Gasteiger charge is 2.30. The van der Waals surface area contributed by atoms with E-state index in [4.69, 9.17) is 9.26 Å². The summed E-state index contributed by atoms with van der Waals surface area (Å²) < 4.78 is 13.0. The van der Waals surface area contributed by atoms with Gasteiger partial charge in [-0.15, -0.1) is 0 Å². The number of nitrogens with zero attached hydrogens (tertiary/aromatic N) is 4. The Morgan fingerprint density at radius 3 is 3.00 bits per heavy atom. The minimum atomic E-state index is 0.194. The maximum absolute atomic E-state index is 5.58. The maximum Gasteiger partial charge on any atom is 0.133 e. The van der Waals surface area contributed by atoms with Crippen LogP contribution in [0.15, 0.2) is 47.2 Å². The number of hydrogen-bond acceptors (Lipinski definition) is 5. The Hall–Kier alpha value is -2.60. The summed E-state index contributed by atoms with van der Waals surface area (Å²) in [6.45, 7) is 4.23. The van der Waals surface area contributed by atoms with Gasteiger partial charge in [0.25, 0.3) is 0 Å². The molecular formula is C18H20N4O2. The van der Waals surface area contributed by atoms with E-state index in [1.54, 1.807) is 7.11 Å². The number of aromatic nitrogens is 3. The van der Waals surface area contributed by atoms with Gasteiger partial charge in [-0.1, -0.05) is 23.4 Å². The first-order valence-electron chi connectivity index (χ1n) is 8.04. The summed E-state index contributed by atoms with van der Waals surface area (Å²) in [5.41, 5.74) is 2.12. The molecule has 3 heterocycles. The highest BCUT2D eigenvalue weighted by Crippen LogP contribution is 2.35. The predicted octanol–water partition coefficient (Wildman–Crippen LogP) is 2.95. The van der Waals surface area contributed by atoms with Crippen LogP contribution in [0.3, 0.4) is 0 Å². The Balaban J connectivity index is 1.70. The molecule has 0 saturated heterocycles. The van der Waals surface area contributed by atoms with Crippen molar-refractivity contribution in [1.29, 1.82) is 0 Å². The number of imidazole rings is 1. The minimum absolute atomic E-state index is 0.194. The van der Waals surface area contributed by atoms with Crippen LogP contribution in [0, 0.1) is 6.92 Å². The van der Waals surface area contributed by atoms with E-state index in [0.717, 1.165) is 36.1 Å². The summed E-state index contributed by atoms with van der Waals surface area (Å²) in [6.07, 6.45) is 3.90. The van der Waals surface area contributed by atoms with Crippen LogP contribution >= 0.6 is 0 Å². The standard InChI is InChI=1S/C18H20N4O2/c1-13-9-14(20-24-13)10-22-12-18-19-7-8-21(18)11-16(22)15-5-3-4-6-17(15)23-2/h3-9,16H,10-12H2,1-2H3/t16-/m0/s1. The van der Waals surface area contributed by atoms with E-state index < -0.39 is 0 Å². The lowest BCUT2D eigenvalue weighted by Gasteiger charge is -2.36. The van der Waals surface area contributed by atoms with Gasteiger partial charge in [0.1, 0.15) is 17.3 Å². The molecule has 0 saturated carbocycles. The van der Waals surface area contributed by atoms with E-state index in [2.05, 4.69) is 31.7 Å². The number of benzene rings is 1. The lowest BCUT2D eigenvalue weighted by Crippen LogP contribution is -2.36. The molecule has 0 bridgehead atoms. The highest BCUT2D eigenvalue weighted by atomic mass is 16.5. The second-order valence-corrected chi connectivity index (χ2v) is 6.09. The topological polar surface area (TPSA) is 56.3 Å². The van der Waals surface area contributed by atoms with E-state index >= 15 is 0 Å². The SMILES string of the molecule is COc1ccccc1[C@@H]1Cn2ccnc2CN1Cc1cc(C)on1. The maximum atomic E-state index is 5.58. The fourth-order valence-electron chi connectivity index (χ4n) is 3.35. The van der Waals surface area contributed by atoms with Gasteiger partial charge in [0.05, 0.1) is 25.4 Å². The Labute approximate surface area is 140 Å². The largest absolute Gasteiger partial charge is 0.496 e. The molecule has 0 unspecified atom stereocenters. The summed E-state index contributed by atoms with van der Waals surface area (Å²) in [4.78, 5) is 6.84. The molecule has 1 aliphatic heterocycles. The van der Waals surface area contributed by atoms with Crippen LogP contribution in [-0.4, -0.2) is 26.7 Å². The van der Waals surface area contributed by atoms with Crippen LogP contribution in [0.5, 0.6) is 5.75 Å². The molecule has 0 aliphatic carbocycles. The van der Waals surface area contributed by atoms with Gasteiger partial charge in [0, 0.05) is 37.1 Å². The van der Waals surface area contributed by atoms with Crippen molar-refractivity contribution < 1.29 is 9.26 Å². The fourth-order valence-corrected chi connectivity index (χ4v) is 3.35. The van der Waals surface area contributed by atoms with Gasteiger partial charge in [-0.2, -0.15) is 0 Å². The molecule has 0 spiro atoms. The molecule has 2 aromatic heterocycles. The number of para-hydroxylation sites is 1. The van der Waals surface area contributed by atoms with E-state index in [1.165, 1.54) is 5.56 Å². The Bertz CT molecular complexity index is 839. The Morgan fingerprint density at radius 2 is 2.21 bits per heavy atom. The molecule has 4 rings (SSSR count). The van der Waals surface area contributed by atoms with Crippen LogP contribution in [0.4, 0.5) is 0 Å². The molecule has 0 fully saturated rings. The van der Waals surface area contributed by atoms with Gasteiger partial charge < -0.3 is 13.8 Å². The second-order valence-electron chi connectivity index (χ2n) is 6.09. The lowest BCUT2D eigenvalue weighted by atomic mass is 10.0. The van der Waals surface area contributed by atoms with Crippen molar-refractivity contribution in [2.75, 3.05) is 7.11 Å². The van der Waals surface area contributed by atoms with Crippen molar-refractivity contribution in [3.63, 3.8) is 0 Å². The van der Waals surface area contributed by atoms with Gasteiger partial charge in [0.2, 0.25) is 0 Å². The van der Waals surface area contributed by atoms with Crippen LogP contribution in [0.1, 0.15) is 28.9 Å². The van der Waals surface area contributed by atoms with Crippen LogP contribution in [0.2, 0.25) is 0 Å². The molecule has 6 nitrogen and oxygen atoms in total. The molecule has 124 valence electrons. The number of aryl methyl sites for hydroxylation is 1. The van der Waals surface area contributed by atoms with Crippen LogP contribution in [0.25, 0.3) is 0 Å². The summed E-state index contributed by atoms with van der Waals surface area (Å²) in [5.74, 6) is 2.81. The number of rotatable bonds is 4. The molecule has 0 amide bonds. The van der Waals surface area contributed by atoms with Gasteiger partial charge in [-0.3, -0.25) is 4.90 Å². The zero-order valence-electron chi connectivity index (χ0n) is 13.8. The van der Waals surface area contributed by atoms with Crippen LogP contribution < -0.4 is 4.74 Å². The van der Waals surface area contributed by atoms with E-state index in [-0.39, 0.29) is 6.04 Å². The number of methoxy groups -OCH3 is 1. The zero-order chi connectivity index (χ0) is 16.5. The third kappa shape index (κ3) is 2.69. The molecule has 1 aromatic carbocycles. The Morgan fingerprint density at radius 1 is 1.33 bits per heavy atom. The minimum Gasteiger partial charge on any atom is -0.496 e. The number of fused-ring (bicyclic) bond motifs is 1. The first kappa shape index (κ1) is 15.0. The molecule has 0 radical (unpaired) electrons. The van der Waals surface area contributed by atoms with Gasteiger partial charge in [-0.25, -0.2) is 4.98 Å². The highest BCUT2D eigenvalue weighted by molar-refractivity contribution is 5.36. The quantitative estimate of drug-likeness (QED) is 0.738. The average Bonchev–Trinajstić information content (AvgIpc) is 3.22. The van der Waals surface area contributed by atoms with Crippen molar-refractivity contribution in [1.82, 2.24) is 19.6 Å².